The number of nitrogens with one attached hydrogen (secondary N) is 1. The Hall–Kier alpha value is -2.44. The van der Waals surface area contributed by atoms with Gasteiger partial charge in [-0.1, -0.05) is 29.3 Å². The summed E-state index contributed by atoms with van der Waals surface area (Å²) in [6.45, 7) is 0. The standard InChI is InChI=1S/C17H16Cl2N2O4/c1-23-14-7-10(8-15(24-2)16(14)25-3)17(22)21-20-9-11-12(18)5-4-6-13(11)19/h4-9H,1-3H3,(H,21,22)/b20-9-. The molecule has 1 N–H and O–H groups in total. The van der Waals surface area contributed by atoms with Crippen LogP contribution in [0.15, 0.2) is 35.4 Å². The Morgan fingerprint density at radius 2 is 1.60 bits per heavy atom. The summed E-state index contributed by atoms with van der Waals surface area (Å²) in [5.74, 6) is 0.668. The van der Waals surface area contributed by atoms with Crippen molar-refractivity contribution >= 4 is 35.3 Å². The predicted octanol–water partition coefficient (Wildman–Crippen LogP) is 3.78. The van der Waals surface area contributed by atoms with Gasteiger partial charge in [0.05, 0.1) is 37.6 Å². The van der Waals surface area contributed by atoms with Crippen LogP contribution < -0.4 is 19.6 Å². The van der Waals surface area contributed by atoms with E-state index in [4.69, 9.17) is 37.4 Å². The van der Waals surface area contributed by atoms with E-state index in [1.54, 1.807) is 18.2 Å². The van der Waals surface area contributed by atoms with Gasteiger partial charge in [-0.25, -0.2) is 5.43 Å². The Labute approximate surface area is 155 Å². The number of benzene rings is 2. The Balaban J connectivity index is 2.22. The van der Waals surface area contributed by atoms with E-state index in [1.807, 2.05) is 0 Å². The lowest BCUT2D eigenvalue weighted by molar-refractivity contribution is 0.0954. The third-order valence-corrected chi connectivity index (χ3v) is 3.95. The molecule has 0 fully saturated rings. The molecule has 0 atom stereocenters. The van der Waals surface area contributed by atoms with Gasteiger partial charge in [-0.05, 0) is 24.3 Å². The molecule has 0 unspecified atom stereocenters. The lowest BCUT2D eigenvalue weighted by Crippen LogP contribution is -2.18. The minimum atomic E-state index is -0.460. The Kier molecular flexibility index (Phi) is 6.50. The molecule has 0 heterocycles. The number of carbonyl (C=O) groups excluding carboxylic acids is 1. The SMILES string of the molecule is COc1cc(C(=O)N/N=C\c2c(Cl)cccc2Cl)cc(OC)c1OC. The van der Waals surface area contributed by atoms with E-state index in [0.29, 0.717) is 32.9 Å². The summed E-state index contributed by atoms with van der Waals surface area (Å²) < 4.78 is 15.7. The molecular formula is C17H16Cl2N2O4. The number of hydrazone groups is 1. The second-order valence-electron chi connectivity index (χ2n) is 4.75. The molecule has 1 amide bonds. The first kappa shape index (κ1) is 18.9. The fraction of sp³-hybridized carbons (Fsp3) is 0.176. The molecule has 0 saturated heterocycles. The monoisotopic (exact) mass is 382 g/mol. The molecule has 0 aliphatic rings. The zero-order valence-corrected chi connectivity index (χ0v) is 15.3. The van der Waals surface area contributed by atoms with Gasteiger partial charge < -0.3 is 14.2 Å². The van der Waals surface area contributed by atoms with Crippen LogP contribution in [0.4, 0.5) is 0 Å². The summed E-state index contributed by atoms with van der Waals surface area (Å²) in [4.78, 5) is 12.3. The van der Waals surface area contributed by atoms with Crippen LogP contribution in [-0.2, 0) is 0 Å². The molecule has 0 aliphatic carbocycles. The van der Waals surface area contributed by atoms with Crippen molar-refractivity contribution in [3.05, 3.63) is 51.5 Å². The lowest BCUT2D eigenvalue weighted by Gasteiger charge is -2.13. The van der Waals surface area contributed by atoms with Crippen LogP contribution in [0.1, 0.15) is 15.9 Å². The van der Waals surface area contributed by atoms with E-state index in [9.17, 15) is 4.79 Å². The summed E-state index contributed by atoms with van der Waals surface area (Å²) in [5, 5.41) is 4.74. The smallest absolute Gasteiger partial charge is 0.271 e. The van der Waals surface area contributed by atoms with Crippen molar-refractivity contribution in [1.29, 1.82) is 0 Å². The number of nitrogens with zero attached hydrogens (tertiary/aromatic N) is 1. The van der Waals surface area contributed by atoms with Crippen molar-refractivity contribution in [2.75, 3.05) is 21.3 Å². The summed E-state index contributed by atoms with van der Waals surface area (Å²) in [7, 11) is 4.42. The molecule has 2 aromatic rings. The first-order chi connectivity index (χ1) is 12.0. The van der Waals surface area contributed by atoms with Gasteiger partial charge in [-0.2, -0.15) is 5.10 Å². The number of carbonyl (C=O) groups is 1. The normalized spacial score (nSPS) is 10.6. The number of hydrogen-bond donors (Lipinski definition) is 1. The van der Waals surface area contributed by atoms with Crippen LogP contribution in [-0.4, -0.2) is 33.5 Å². The molecule has 2 rings (SSSR count). The van der Waals surface area contributed by atoms with E-state index in [1.165, 1.54) is 39.7 Å². The third kappa shape index (κ3) is 4.35. The second kappa shape index (κ2) is 8.60. The van der Waals surface area contributed by atoms with Crippen molar-refractivity contribution in [2.24, 2.45) is 5.10 Å². The maximum atomic E-state index is 12.3. The van der Waals surface area contributed by atoms with Crippen LogP contribution in [0.2, 0.25) is 10.0 Å². The molecule has 2 aromatic carbocycles. The molecule has 0 spiro atoms. The molecule has 25 heavy (non-hydrogen) atoms. The maximum absolute atomic E-state index is 12.3. The zero-order chi connectivity index (χ0) is 18.4. The van der Waals surface area contributed by atoms with Crippen molar-refractivity contribution < 1.29 is 19.0 Å². The highest BCUT2D eigenvalue weighted by Gasteiger charge is 2.16. The van der Waals surface area contributed by atoms with Gasteiger partial charge in [-0.15, -0.1) is 0 Å². The van der Waals surface area contributed by atoms with Gasteiger partial charge >= 0.3 is 0 Å². The van der Waals surface area contributed by atoms with Gasteiger partial charge in [0.15, 0.2) is 11.5 Å². The lowest BCUT2D eigenvalue weighted by atomic mass is 10.1. The van der Waals surface area contributed by atoms with Gasteiger partial charge in [0.2, 0.25) is 5.75 Å². The minimum absolute atomic E-state index is 0.289. The average Bonchev–Trinajstić information content (AvgIpc) is 2.62. The van der Waals surface area contributed by atoms with Crippen molar-refractivity contribution in [3.8, 4) is 17.2 Å². The number of methoxy groups -OCH3 is 3. The molecule has 0 radical (unpaired) electrons. The van der Waals surface area contributed by atoms with Crippen LogP contribution in [0, 0.1) is 0 Å². The minimum Gasteiger partial charge on any atom is -0.493 e. The van der Waals surface area contributed by atoms with Crippen molar-refractivity contribution in [2.45, 2.75) is 0 Å². The average molecular weight is 383 g/mol. The number of hydrogen-bond acceptors (Lipinski definition) is 5. The first-order valence-electron chi connectivity index (χ1n) is 7.09. The van der Waals surface area contributed by atoms with Gasteiger partial charge in [0.25, 0.3) is 5.91 Å². The van der Waals surface area contributed by atoms with Crippen LogP contribution >= 0.6 is 23.2 Å². The van der Waals surface area contributed by atoms with E-state index in [-0.39, 0.29) is 5.56 Å². The third-order valence-electron chi connectivity index (χ3n) is 3.29. The summed E-state index contributed by atoms with van der Waals surface area (Å²) >= 11 is 12.1. The van der Waals surface area contributed by atoms with E-state index in [2.05, 4.69) is 10.5 Å². The largest absolute Gasteiger partial charge is 0.493 e. The summed E-state index contributed by atoms with van der Waals surface area (Å²) in [6.07, 6.45) is 1.38. The number of halogens is 2. The van der Waals surface area contributed by atoms with Gasteiger partial charge in [-0.3, -0.25) is 4.79 Å². The highest BCUT2D eigenvalue weighted by atomic mass is 35.5. The molecule has 6 nitrogen and oxygen atoms in total. The van der Waals surface area contributed by atoms with E-state index >= 15 is 0 Å². The van der Waals surface area contributed by atoms with Crippen molar-refractivity contribution in [1.82, 2.24) is 5.43 Å². The number of amides is 1. The molecule has 8 heteroatoms. The molecule has 0 aromatic heterocycles. The fourth-order valence-electron chi connectivity index (χ4n) is 2.07. The highest BCUT2D eigenvalue weighted by molar-refractivity contribution is 6.38. The fourth-order valence-corrected chi connectivity index (χ4v) is 2.56. The van der Waals surface area contributed by atoms with Gasteiger partial charge in [0.1, 0.15) is 0 Å². The molecule has 132 valence electrons. The van der Waals surface area contributed by atoms with Crippen molar-refractivity contribution in [3.63, 3.8) is 0 Å². The number of ether oxygens (including phenoxy) is 3. The summed E-state index contributed by atoms with van der Waals surface area (Å²) in [6, 6.07) is 8.12. The quantitative estimate of drug-likeness (QED) is 0.609. The maximum Gasteiger partial charge on any atom is 0.271 e. The molecular weight excluding hydrogens is 367 g/mol. The molecule has 0 saturated carbocycles. The van der Waals surface area contributed by atoms with Crippen LogP contribution in [0.3, 0.4) is 0 Å². The molecule has 0 aliphatic heterocycles. The first-order valence-corrected chi connectivity index (χ1v) is 7.84. The highest BCUT2D eigenvalue weighted by Crippen LogP contribution is 2.38. The topological polar surface area (TPSA) is 69.2 Å². The van der Waals surface area contributed by atoms with E-state index < -0.39 is 5.91 Å². The zero-order valence-electron chi connectivity index (χ0n) is 13.8. The van der Waals surface area contributed by atoms with Crippen LogP contribution in [0.5, 0.6) is 17.2 Å². The number of rotatable bonds is 6. The second-order valence-corrected chi connectivity index (χ2v) is 5.56. The summed E-state index contributed by atoms with van der Waals surface area (Å²) in [5.41, 5.74) is 3.20. The van der Waals surface area contributed by atoms with Crippen LogP contribution in [0.25, 0.3) is 0 Å². The van der Waals surface area contributed by atoms with E-state index in [0.717, 1.165) is 0 Å². The van der Waals surface area contributed by atoms with Gasteiger partial charge in [0, 0.05) is 11.1 Å². The Morgan fingerprint density at radius 3 is 2.08 bits per heavy atom. The molecule has 0 bridgehead atoms. The predicted molar refractivity (Wildman–Crippen MR) is 97.6 cm³/mol. The Bertz CT molecular complexity index is 764. The Morgan fingerprint density at radius 1 is 1.04 bits per heavy atom.